The monoisotopic (exact) mass is 264 g/mol. The van der Waals surface area contributed by atoms with Crippen LogP contribution in [0.2, 0.25) is 0 Å². The average molecular weight is 264 g/mol. The van der Waals surface area contributed by atoms with Crippen molar-refractivity contribution in [2.75, 3.05) is 5.32 Å². The Balaban J connectivity index is 2.18. The zero-order valence-corrected chi connectivity index (χ0v) is 9.83. The Hall–Kier alpha value is -2.77. The maximum atomic E-state index is 13.3. The summed E-state index contributed by atoms with van der Waals surface area (Å²) >= 11 is 0. The first-order valence-corrected chi connectivity index (χ1v) is 5.21. The van der Waals surface area contributed by atoms with Crippen LogP contribution in [0.25, 0.3) is 0 Å². The highest BCUT2D eigenvalue weighted by molar-refractivity contribution is 6.03. The van der Waals surface area contributed by atoms with Crippen LogP contribution in [0.1, 0.15) is 10.4 Å². The van der Waals surface area contributed by atoms with Crippen molar-refractivity contribution in [3.05, 3.63) is 52.1 Å². The maximum Gasteiger partial charge on any atom is 0.304 e. The summed E-state index contributed by atoms with van der Waals surface area (Å²) in [7, 11) is 1.66. The number of nitrogens with one attached hydrogen (secondary N) is 1. The Kier molecular flexibility index (Phi) is 3.23. The minimum Gasteiger partial charge on any atom is -0.322 e. The van der Waals surface area contributed by atoms with Crippen molar-refractivity contribution in [3.63, 3.8) is 0 Å². The highest BCUT2D eigenvalue weighted by Crippen LogP contribution is 2.21. The Labute approximate surface area is 106 Å². The molecule has 98 valence electrons. The molecule has 0 bridgehead atoms. The predicted molar refractivity (Wildman–Crippen MR) is 64.2 cm³/mol. The van der Waals surface area contributed by atoms with Crippen LogP contribution in [0, 0.1) is 15.9 Å². The van der Waals surface area contributed by atoms with E-state index in [-0.39, 0.29) is 5.69 Å². The van der Waals surface area contributed by atoms with E-state index in [2.05, 4.69) is 10.4 Å². The van der Waals surface area contributed by atoms with Crippen molar-refractivity contribution >= 4 is 17.3 Å². The van der Waals surface area contributed by atoms with Gasteiger partial charge in [0.1, 0.15) is 0 Å². The van der Waals surface area contributed by atoms with Gasteiger partial charge in [0.05, 0.1) is 16.7 Å². The molecule has 0 fully saturated rings. The summed E-state index contributed by atoms with van der Waals surface area (Å²) in [4.78, 5) is 21.4. The van der Waals surface area contributed by atoms with Crippen LogP contribution in [-0.4, -0.2) is 20.6 Å². The minimum absolute atomic E-state index is 0.136. The quantitative estimate of drug-likeness (QED) is 0.675. The third-order valence-corrected chi connectivity index (χ3v) is 2.37. The average Bonchev–Trinajstić information content (AvgIpc) is 2.75. The molecule has 0 spiro atoms. The lowest BCUT2D eigenvalue weighted by Crippen LogP contribution is -2.11. The van der Waals surface area contributed by atoms with Gasteiger partial charge >= 0.3 is 5.69 Å². The van der Waals surface area contributed by atoms with Crippen molar-refractivity contribution in [2.24, 2.45) is 7.05 Å². The van der Waals surface area contributed by atoms with Gasteiger partial charge in [0.2, 0.25) is 5.82 Å². The van der Waals surface area contributed by atoms with E-state index in [1.54, 1.807) is 7.05 Å². The third kappa shape index (κ3) is 2.73. The highest BCUT2D eigenvalue weighted by Gasteiger charge is 2.15. The maximum absolute atomic E-state index is 13.3. The van der Waals surface area contributed by atoms with Crippen molar-refractivity contribution in [2.45, 2.75) is 0 Å². The largest absolute Gasteiger partial charge is 0.322 e. The SMILES string of the molecule is Cn1cc(C(=O)Nc2ccc([N+](=O)[O-])c(F)c2)cn1. The number of hydrogen-bond acceptors (Lipinski definition) is 4. The number of rotatable bonds is 3. The zero-order valence-electron chi connectivity index (χ0n) is 9.83. The van der Waals surface area contributed by atoms with E-state index in [0.717, 1.165) is 12.1 Å². The van der Waals surface area contributed by atoms with Crippen LogP contribution in [0.3, 0.4) is 0 Å². The predicted octanol–water partition coefficient (Wildman–Crippen LogP) is 1.72. The second-order valence-electron chi connectivity index (χ2n) is 3.78. The lowest BCUT2D eigenvalue weighted by atomic mass is 10.2. The van der Waals surface area contributed by atoms with Crippen LogP contribution in [0.15, 0.2) is 30.6 Å². The molecule has 0 saturated heterocycles. The van der Waals surface area contributed by atoms with Crippen molar-refractivity contribution in [1.29, 1.82) is 0 Å². The molecule has 0 atom stereocenters. The number of nitro benzene ring substituents is 1. The number of aryl methyl sites for hydroxylation is 1. The number of amides is 1. The topological polar surface area (TPSA) is 90.1 Å². The number of benzene rings is 1. The Bertz CT molecular complexity index is 653. The molecule has 1 amide bonds. The van der Waals surface area contributed by atoms with Gasteiger partial charge in [-0.05, 0) is 6.07 Å². The fourth-order valence-corrected chi connectivity index (χ4v) is 1.47. The third-order valence-electron chi connectivity index (χ3n) is 2.37. The van der Waals surface area contributed by atoms with Gasteiger partial charge in [-0.25, -0.2) is 0 Å². The number of carbonyl (C=O) groups is 1. The van der Waals surface area contributed by atoms with E-state index < -0.39 is 22.3 Å². The van der Waals surface area contributed by atoms with Gasteiger partial charge in [-0.2, -0.15) is 9.49 Å². The number of carbonyl (C=O) groups excluding carboxylic acids is 1. The smallest absolute Gasteiger partial charge is 0.304 e. The van der Waals surface area contributed by atoms with Gasteiger partial charge in [0.15, 0.2) is 0 Å². The molecule has 0 aliphatic heterocycles. The number of anilines is 1. The number of halogens is 1. The van der Waals surface area contributed by atoms with Gasteiger partial charge in [-0.15, -0.1) is 0 Å². The molecule has 0 saturated carbocycles. The lowest BCUT2D eigenvalue weighted by Gasteiger charge is -2.03. The molecule has 0 unspecified atom stereocenters. The lowest BCUT2D eigenvalue weighted by molar-refractivity contribution is -0.387. The van der Waals surface area contributed by atoms with Gasteiger partial charge in [0, 0.05) is 31.1 Å². The number of nitrogens with zero attached hydrogens (tertiary/aromatic N) is 3. The molecule has 0 radical (unpaired) electrons. The first-order valence-electron chi connectivity index (χ1n) is 5.21. The zero-order chi connectivity index (χ0) is 14.0. The van der Waals surface area contributed by atoms with Crippen molar-refractivity contribution in [3.8, 4) is 0 Å². The molecule has 1 aromatic carbocycles. The van der Waals surface area contributed by atoms with Crippen LogP contribution in [-0.2, 0) is 7.05 Å². The standard InChI is InChI=1S/C11H9FN4O3/c1-15-6-7(5-13-15)11(17)14-8-2-3-10(16(18)19)9(12)4-8/h2-6H,1H3,(H,14,17). The second-order valence-corrected chi connectivity index (χ2v) is 3.78. The summed E-state index contributed by atoms with van der Waals surface area (Å²) in [6.45, 7) is 0. The summed E-state index contributed by atoms with van der Waals surface area (Å²) in [6, 6.07) is 3.15. The number of hydrogen-bond donors (Lipinski definition) is 1. The highest BCUT2D eigenvalue weighted by atomic mass is 19.1. The number of nitro groups is 1. The molecule has 1 heterocycles. The van der Waals surface area contributed by atoms with Crippen LogP contribution >= 0.6 is 0 Å². The van der Waals surface area contributed by atoms with Crippen LogP contribution < -0.4 is 5.32 Å². The minimum atomic E-state index is -1.01. The molecule has 19 heavy (non-hydrogen) atoms. The Morgan fingerprint density at radius 2 is 2.26 bits per heavy atom. The molecular weight excluding hydrogens is 255 g/mol. The van der Waals surface area contributed by atoms with E-state index in [1.807, 2.05) is 0 Å². The molecule has 7 nitrogen and oxygen atoms in total. The van der Waals surface area contributed by atoms with Crippen LogP contribution in [0.4, 0.5) is 15.8 Å². The summed E-state index contributed by atoms with van der Waals surface area (Å²) in [6.07, 6.45) is 2.86. The first-order chi connectivity index (χ1) is 8.97. The van der Waals surface area contributed by atoms with Gasteiger partial charge < -0.3 is 5.32 Å². The van der Waals surface area contributed by atoms with Crippen LogP contribution in [0.5, 0.6) is 0 Å². The van der Waals surface area contributed by atoms with E-state index >= 15 is 0 Å². The summed E-state index contributed by atoms with van der Waals surface area (Å²) < 4.78 is 14.8. The first kappa shape index (κ1) is 12.7. The molecule has 8 heteroatoms. The fraction of sp³-hybridized carbons (Fsp3) is 0.0909. The normalized spacial score (nSPS) is 10.2. The second kappa shape index (κ2) is 4.84. The molecule has 1 aromatic heterocycles. The molecule has 0 aliphatic rings. The molecule has 1 N–H and O–H groups in total. The summed E-state index contributed by atoms with van der Waals surface area (Å²) in [5, 5.41) is 16.7. The van der Waals surface area contributed by atoms with E-state index in [9.17, 15) is 19.3 Å². The number of aromatic nitrogens is 2. The fourth-order valence-electron chi connectivity index (χ4n) is 1.47. The molecule has 2 aromatic rings. The van der Waals surface area contributed by atoms with Crippen molar-refractivity contribution in [1.82, 2.24) is 9.78 Å². The Morgan fingerprint density at radius 3 is 2.79 bits per heavy atom. The summed E-state index contributed by atoms with van der Waals surface area (Å²) in [5.74, 6) is -1.48. The molecular formula is C11H9FN4O3. The van der Waals surface area contributed by atoms with E-state index in [4.69, 9.17) is 0 Å². The molecule has 2 rings (SSSR count). The summed E-state index contributed by atoms with van der Waals surface area (Å²) in [5.41, 5.74) is -0.197. The Morgan fingerprint density at radius 1 is 1.53 bits per heavy atom. The van der Waals surface area contributed by atoms with Crippen molar-refractivity contribution < 1.29 is 14.1 Å². The van der Waals surface area contributed by atoms with Gasteiger partial charge in [-0.1, -0.05) is 0 Å². The van der Waals surface area contributed by atoms with E-state index in [1.165, 1.54) is 23.1 Å². The van der Waals surface area contributed by atoms with Gasteiger partial charge in [0.25, 0.3) is 5.91 Å². The van der Waals surface area contributed by atoms with E-state index in [0.29, 0.717) is 5.56 Å². The molecule has 0 aliphatic carbocycles. The van der Waals surface area contributed by atoms with Gasteiger partial charge in [-0.3, -0.25) is 19.6 Å².